The lowest BCUT2D eigenvalue weighted by molar-refractivity contribution is 0.229. The first-order valence-electron chi connectivity index (χ1n) is 11.4. The molecule has 4 aromatic rings. The first kappa shape index (κ1) is 20.7. The number of anilines is 2. The van der Waals surface area contributed by atoms with Gasteiger partial charge in [-0.3, -0.25) is 9.58 Å². The number of nitrogens with zero attached hydrogens (tertiary/aromatic N) is 5. The van der Waals surface area contributed by atoms with Crippen LogP contribution in [0.1, 0.15) is 16.8 Å². The van der Waals surface area contributed by atoms with Gasteiger partial charge >= 0.3 is 0 Å². The zero-order valence-corrected chi connectivity index (χ0v) is 19.4. The number of benzene rings is 1. The summed E-state index contributed by atoms with van der Waals surface area (Å²) >= 11 is 1.71. The molecule has 170 valence electrons. The molecule has 1 aromatic carbocycles. The maximum atomic E-state index is 13.7. The summed E-state index contributed by atoms with van der Waals surface area (Å²) in [7, 11) is 0. The van der Waals surface area contributed by atoms with Gasteiger partial charge in [0.2, 0.25) is 0 Å². The van der Waals surface area contributed by atoms with Crippen molar-refractivity contribution in [3.05, 3.63) is 53.4 Å². The molecule has 0 radical (unpaired) electrons. The van der Waals surface area contributed by atoms with Crippen LogP contribution in [0.5, 0.6) is 0 Å². The zero-order valence-electron chi connectivity index (χ0n) is 18.6. The van der Waals surface area contributed by atoms with Gasteiger partial charge in [-0.2, -0.15) is 5.10 Å². The van der Waals surface area contributed by atoms with Crippen molar-refractivity contribution in [3.8, 4) is 10.4 Å². The van der Waals surface area contributed by atoms with E-state index in [1.807, 2.05) is 6.07 Å². The fourth-order valence-electron chi connectivity index (χ4n) is 4.77. The van der Waals surface area contributed by atoms with Crippen LogP contribution in [0.25, 0.3) is 20.7 Å². The minimum absolute atomic E-state index is 0.206. The minimum Gasteiger partial charge on any atom is -0.340 e. The first-order chi connectivity index (χ1) is 16.2. The van der Waals surface area contributed by atoms with Gasteiger partial charge in [0.25, 0.3) is 0 Å². The smallest absolute Gasteiger partial charge is 0.142 e. The van der Waals surface area contributed by atoms with Crippen molar-refractivity contribution in [2.45, 2.75) is 26.3 Å². The highest BCUT2D eigenvalue weighted by Gasteiger charge is 2.26. The summed E-state index contributed by atoms with van der Waals surface area (Å²) in [6, 6.07) is 5.04. The van der Waals surface area contributed by atoms with Gasteiger partial charge in [0.1, 0.15) is 22.8 Å². The molecule has 0 spiro atoms. The monoisotopic (exact) mass is 463 g/mol. The molecule has 2 aliphatic rings. The topological polar surface area (TPSA) is 70.9 Å². The summed E-state index contributed by atoms with van der Waals surface area (Å²) < 4.78 is 15.8. The van der Waals surface area contributed by atoms with Crippen molar-refractivity contribution in [1.29, 1.82) is 0 Å². The number of rotatable bonds is 5. The molecular formula is C24H26FN7S. The highest BCUT2D eigenvalue weighted by molar-refractivity contribution is 7.22. The van der Waals surface area contributed by atoms with Crippen LogP contribution >= 0.6 is 11.3 Å². The lowest BCUT2D eigenvalue weighted by Crippen LogP contribution is -2.44. The normalized spacial score (nSPS) is 16.1. The third-order valence-electron chi connectivity index (χ3n) is 6.56. The van der Waals surface area contributed by atoms with E-state index < -0.39 is 0 Å². The van der Waals surface area contributed by atoms with Gasteiger partial charge in [-0.05, 0) is 49.1 Å². The molecular weight excluding hydrogens is 437 g/mol. The molecule has 0 bridgehead atoms. The van der Waals surface area contributed by atoms with Gasteiger partial charge in [-0.25, -0.2) is 14.4 Å². The van der Waals surface area contributed by atoms with Crippen LogP contribution < -0.4 is 10.6 Å². The van der Waals surface area contributed by atoms with Crippen LogP contribution in [-0.4, -0.2) is 57.4 Å². The molecule has 9 heteroatoms. The van der Waals surface area contributed by atoms with E-state index in [9.17, 15) is 4.39 Å². The number of nitrogens with one attached hydrogen (secondary N) is 2. The predicted octanol–water partition coefficient (Wildman–Crippen LogP) is 3.75. The number of aryl methyl sites for hydroxylation is 3. The maximum absolute atomic E-state index is 13.7. The number of halogens is 1. The Hall–Kier alpha value is -2.88. The molecule has 1 aliphatic carbocycles. The minimum atomic E-state index is -0.206. The second kappa shape index (κ2) is 8.48. The molecule has 1 aliphatic heterocycles. The molecule has 1 fully saturated rings. The van der Waals surface area contributed by atoms with E-state index in [4.69, 9.17) is 5.10 Å². The average molecular weight is 464 g/mol. The summed E-state index contributed by atoms with van der Waals surface area (Å²) in [4.78, 5) is 13.8. The van der Waals surface area contributed by atoms with Crippen LogP contribution in [0.3, 0.4) is 0 Å². The van der Waals surface area contributed by atoms with Gasteiger partial charge in [0.15, 0.2) is 0 Å². The highest BCUT2D eigenvalue weighted by Crippen LogP contribution is 2.45. The van der Waals surface area contributed by atoms with Crippen molar-refractivity contribution in [2.24, 2.45) is 0 Å². The first-order valence-corrected chi connectivity index (χ1v) is 12.3. The van der Waals surface area contributed by atoms with Gasteiger partial charge in [-0.1, -0.05) is 0 Å². The van der Waals surface area contributed by atoms with E-state index in [-0.39, 0.29) is 5.82 Å². The van der Waals surface area contributed by atoms with Crippen LogP contribution in [0.2, 0.25) is 0 Å². The van der Waals surface area contributed by atoms with Crippen molar-refractivity contribution in [2.75, 3.05) is 38.0 Å². The molecule has 7 nitrogen and oxygen atoms in total. The fraction of sp³-hybridized carbons (Fsp3) is 0.375. The summed E-state index contributed by atoms with van der Waals surface area (Å²) in [5.41, 5.74) is 5.11. The molecule has 33 heavy (non-hydrogen) atoms. The number of aromatic nitrogens is 4. The van der Waals surface area contributed by atoms with Crippen LogP contribution in [0, 0.1) is 12.7 Å². The Morgan fingerprint density at radius 3 is 2.88 bits per heavy atom. The SMILES string of the molecule is Cc1cc(Nc2ncnc3sc4c(c23)CCc2nn(CCN3CCNCC3)cc2-4)ccc1F. The largest absolute Gasteiger partial charge is 0.340 e. The Morgan fingerprint density at radius 1 is 1.15 bits per heavy atom. The van der Waals surface area contributed by atoms with Crippen LogP contribution in [-0.2, 0) is 19.4 Å². The molecule has 4 heterocycles. The summed E-state index contributed by atoms with van der Waals surface area (Å²) in [5, 5.41) is 12.8. The third-order valence-corrected chi connectivity index (χ3v) is 7.73. The summed E-state index contributed by atoms with van der Waals surface area (Å²) in [5.74, 6) is 0.570. The molecule has 0 unspecified atom stereocenters. The predicted molar refractivity (Wildman–Crippen MR) is 130 cm³/mol. The van der Waals surface area contributed by atoms with Gasteiger partial charge in [-0.15, -0.1) is 11.3 Å². The fourth-order valence-corrected chi connectivity index (χ4v) is 6.00. The third kappa shape index (κ3) is 3.90. The van der Waals surface area contributed by atoms with Crippen LogP contribution in [0.15, 0.2) is 30.7 Å². The van der Waals surface area contributed by atoms with E-state index in [0.717, 1.165) is 73.8 Å². The molecule has 2 N–H and O–H groups in total. The molecule has 0 atom stereocenters. The number of thiophene rings is 1. The Kier molecular flexibility index (Phi) is 5.32. The number of hydrogen-bond acceptors (Lipinski definition) is 7. The second-order valence-corrected chi connectivity index (χ2v) is 9.74. The average Bonchev–Trinajstić information content (AvgIpc) is 3.42. The lowest BCUT2D eigenvalue weighted by Gasteiger charge is -2.26. The van der Waals surface area contributed by atoms with Gasteiger partial charge < -0.3 is 10.6 Å². The summed E-state index contributed by atoms with van der Waals surface area (Å²) in [6.07, 6.45) is 5.63. The molecule has 6 rings (SSSR count). The number of hydrogen-bond donors (Lipinski definition) is 2. The van der Waals surface area contributed by atoms with Crippen LogP contribution in [0.4, 0.5) is 15.9 Å². The van der Waals surface area contributed by atoms with E-state index >= 15 is 0 Å². The Balaban J connectivity index is 1.31. The lowest BCUT2D eigenvalue weighted by atomic mass is 9.95. The standard InChI is InChI=1S/C24H26FN7S/c1-15-12-16(2-4-19(15)25)29-23-21-17-3-5-20-18(22(17)33-24(21)28-14-27-23)13-32(30-20)11-10-31-8-6-26-7-9-31/h2,4,12-14,26H,3,5-11H2,1H3,(H,27,28,29). The van der Waals surface area contributed by atoms with Gasteiger partial charge in [0, 0.05) is 55.0 Å². The number of piperazine rings is 1. The maximum Gasteiger partial charge on any atom is 0.142 e. The quantitative estimate of drug-likeness (QED) is 0.470. The van der Waals surface area contributed by atoms with E-state index in [1.165, 1.54) is 27.8 Å². The van der Waals surface area contributed by atoms with E-state index in [1.54, 1.807) is 30.7 Å². The highest BCUT2D eigenvalue weighted by atomic mass is 32.1. The number of fused-ring (bicyclic) bond motifs is 5. The molecule has 3 aromatic heterocycles. The van der Waals surface area contributed by atoms with Crippen molar-refractivity contribution in [1.82, 2.24) is 30.0 Å². The van der Waals surface area contributed by atoms with Crippen molar-refractivity contribution < 1.29 is 4.39 Å². The zero-order chi connectivity index (χ0) is 22.4. The molecule has 1 saturated heterocycles. The Bertz CT molecular complexity index is 1320. The van der Waals surface area contributed by atoms with Crippen molar-refractivity contribution >= 4 is 33.1 Å². The Labute approximate surface area is 195 Å². The second-order valence-electron chi connectivity index (χ2n) is 8.75. The Morgan fingerprint density at radius 2 is 2.03 bits per heavy atom. The van der Waals surface area contributed by atoms with E-state index in [2.05, 4.69) is 36.4 Å². The molecule has 0 saturated carbocycles. The van der Waals surface area contributed by atoms with Crippen molar-refractivity contribution in [3.63, 3.8) is 0 Å². The van der Waals surface area contributed by atoms with E-state index in [0.29, 0.717) is 5.56 Å². The molecule has 0 amide bonds. The summed E-state index contributed by atoms with van der Waals surface area (Å²) in [6.45, 7) is 8.03. The van der Waals surface area contributed by atoms with Gasteiger partial charge in [0.05, 0.1) is 17.6 Å².